The van der Waals surface area contributed by atoms with Gasteiger partial charge in [-0.05, 0) is 90.8 Å². The number of methoxy groups -OCH3 is 1. The van der Waals surface area contributed by atoms with Gasteiger partial charge in [0.15, 0.2) is 0 Å². The van der Waals surface area contributed by atoms with Crippen LogP contribution in [0.1, 0.15) is 61.1 Å². The molecule has 0 bridgehead atoms. The molecule has 1 fully saturated rings. The van der Waals surface area contributed by atoms with Crippen molar-refractivity contribution in [2.24, 2.45) is 11.8 Å². The molecule has 1 aliphatic rings. The number of nitrogens with one attached hydrogen (secondary N) is 3. The lowest BCUT2D eigenvalue weighted by Gasteiger charge is -2.30. The molecule has 4 N–H and O–H groups in total. The van der Waals surface area contributed by atoms with Gasteiger partial charge < -0.3 is 20.5 Å². The highest BCUT2D eigenvalue weighted by atomic mass is 19.1. The molecule has 210 valence electrons. The summed E-state index contributed by atoms with van der Waals surface area (Å²) in [5.41, 5.74) is 5.34. The Labute approximate surface area is 233 Å². The molecule has 0 aliphatic heterocycles. The molecule has 3 rings (SSSR count). The first-order valence-electron chi connectivity index (χ1n) is 13.8. The smallest absolute Gasteiger partial charge is 0.131 e. The summed E-state index contributed by atoms with van der Waals surface area (Å²) in [4.78, 5) is 0. The maximum absolute atomic E-state index is 14.6. The molecule has 5 nitrogen and oxygen atoms in total. The van der Waals surface area contributed by atoms with E-state index in [4.69, 9.17) is 4.74 Å². The molecule has 1 saturated carbocycles. The first-order chi connectivity index (χ1) is 18.9. The van der Waals surface area contributed by atoms with Gasteiger partial charge in [0, 0.05) is 37.3 Å². The van der Waals surface area contributed by atoms with Gasteiger partial charge in [-0.3, -0.25) is 5.32 Å². The van der Waals surface area contributed by atoms with Crippen LogP contribution in [0.2, 0.25) is 0 Å². The third-order valence-corrected chi connectivity index (χ3v) is 7.53. The molecule has 1 unspecified atom stereocenters. The number of para-hydroxylation sites is 1. The summed E-state index contributed by atoms with van der Waals surface area (Å²) in [5, 5.41) is 20.6. The minimum Gasteiger partial charge on any atom is -0.501 e. The van der Waals surface area contributed by atoms with Crippen LogP contribution in [0.4, 0.5) is 10.1 Å². The van der Waals surface area contributed by atoms with Crippen molar-refractivity contribution in [2.75, 3.05) is 32.6 Å². The first-order valence-corrected chi connectivity index (χ1v) is 13.8. The number of halogens is 1. The van der Waals surface area contributed by atoms with Gasteiger partial charge in [0.05, 0.1) is 12.9 Å². The second kappa shape index (κ2) is 15.3. The van der Waals surface area contributed by atoms with Gasteiger partial charge >= 0.3 is 0 Å². The number of benzene rings is 2. The Hall–Kier alpha value is -3.35. The molecule has 0 radical (unpaired) electrons. The van der Waals surface area contributed by atoms with Crippen LogP contribution in [0, 0.1) is 17.7 Å². The second-order valence-corrected chi connectivity index (χ2v) is 10.2. The summed E-state index contributed by atoms with van der Waals surface area (Å²) in [7, 11) is 3.58. The maximum atomic E-state index is 14.6. The predicted octanol–water partition coefficient (Wildman–Crippen LogP) is 6.81. The van der Waals surface area contributed by atoms with Crippen LogP contribution in [0.25, 0.3) is 12.2 Å². The van der Waals surface area contributed by atoms with Crippen molar-refractivity contribution >= 4 is 17.8 Å². The molecule has 1 atom stereocenters. The average molecular weight is 534 g/mol. The van der Waals surface area contributed by atoms with E-state index in [1.807, 2.05) is 62.7 Å². The quantitative estimate of drug-likeness (QED) is 0.122. The molecule has 0 aromatic heterocycles. The number of anilines is 1. The Morgan fingerprint density at radius 2 is 1.87 bits per heavy atom. The van der Waals surface area contributed by atoms with E-state index in [2.05, 4.69) is 29.1 Å². The molecular weight excluding hydrogens is 489 g/mol. The van der Waals surface area contributed by atoms with Crippen molar-refractivity contribution in [3.63, 3.8) is 0 Å². The third kappa shape index (κ3) is 8.84. The Kier molecular flexibility index (Phi) is 11.8. The number of hydrogen-bond donors (Lipinski definition) is 4. The molecular formula is C33H44FN3O2. The van der Waals surface area contributed by atoms with Crippen LogP contribution in [-0.4, -0.2) is 32.4 Å². The first kappa shape index (κ1) is 30.2. The lowest BCUT2D eigenvalue weighted by molar-refractivity contribution is 0.122. The zero-order valence-electron chi connectivity index (χ0n) is 23.6. The summed E-state index contributed by atoms with van der Waals surface area (Å²) in [6.45, 7) is 11.4. The van der Waals surface area contributed by atoms with Crippen LogP contribution >= 0.6 is 0 Å². The van der Waals surface area contributed by atoms with E-state index in [0.717, 1.165) is 59.4 Å². The monoisotopic (exact) mass is 533 g/mol. The topological polar surface area (TPSA) is 65.5 Å². The van der Waals surface area contributed by atoms with Gasteiger partial charge in [-0.25, -0.2) is 4.39 Å². The van der Waals surface area contributed by atoms with Crippen molar-refractivity contribution in [3.05, 3.63) is 101 Å². The van der Waals surface area contributed by atoms with Crippen molar-refractivity contribution in [2.45, 2.75) is 45.3 Å². The molecule has 6 heteroatoms. The van der Waals surface area contributed by atoms with Crippen molar-refractivity contribution in [1.82, 2.24) is 10.6 Å². The molecule has 39 heavy (non-hydrogen) atoms. The zero-order chi connectivity index (χ0) is 28.2. The van der Waals surface area contributed by atoms with Crippen LogP contribution < -0.4 is 16.0 Å². The second-order valence-electron chi connectivity index (χ2n) is 10.2. The highest BCUT2D eigenvalue weighted by Gasteiger charge is 2.24. The van der Waals surface area contributed by atoms with Crippen molar-refractivity contribution in [1.29, 1.82) is 0 Å². The third-order valence-electron chi connectivity index (χ3n) is 7.53. The fraction of sp³-hybridized carbons (Fsp3) is 0.394. The minimum absolute atomic E-state index is 0.364. The number of aliphatic hydroxyl groups is 1. The molecule has 2 aromatic carbocycles. The van der Waals surface area contributed by atoms with Gasteiger partial charge in [0.25, 0.3) is 0 Å². The average Bonchev–Trinajstić information content (AvgIpc) is 2.96. The van der Waals surface area contributed by atoms with E-state index in [9.17, 15) is 9.50 Å². The van der Waals surface area contributed by atoms with Crippen LogP contribution in [0.15, 0.2) is 73.2 Å². The molecule has 0 amide bonds. The normalized spacial score (nSPS) is 18.3. The van der Waals surface area contributed by atoms with E-state index in [0.29, 0.717) is 36.9 Å². The number of allylic oxidation sites excluding steroid dienone is 1. The van der Waals surface area contributed by atoms with E-state index in [1.54, 1.807) is 7.11 Å². The van der Waals surface area contributed by atoms with E-state index >= 15 is 0 Å². The van der Waals surface area contributed by atoms with Crippen molar-refractivity contribution in [3.8, 4) is 0 Å². The Bertz CT molecular complexity index is 1170. The van der Waals surface area contributed by atoms with E-state index in [1.165, 1.54) is 12.1 Å². The van der Waals surface area contributed by atoms with Crippen LogP contribution in [0.3, 0.4) is 0 Å². The number of aliphatic hydroxyl groups excluding tert-OH is 1. The Morgan fingerprint density at radius 3 is 2.56 bits per heavy atom. The molecule has 0 heterocycles. The van der Waals surface area contributed by atoms with Gasteiger partial charge in [0.2, 0.25) is 0 Å². The van der Waals surface area contributed by atoms with Gasteiger partial charge in [-0.2, -0.15) is 0 Å². The van der Waals surface area contributed by atoms with Gasteiger partial charge in [-0.15, -0.1) is 0 Å². The molecule has 2 aromatic rings. The SMILES string of the molecule is C=C(C=Cc1ccccc1NC)CNC=Cc1cc(F)cc(C(O)NCC2CCC(C(=C)OC)CC2)c1CC. The summed E-state index contributed by atoms with van der Waals surface area (Å²) < 4.78 is 19.9. The van der Waals surface area contributed by atoms with Gasteiger partial charge in [-0.1, -0.05) is 50.4 Å². The highest BCUT2D eigenvalue weighted by Crippen LogP contribution is 2.33. The Balaban J connectivity index is 1.56. The fourth-order valence-electron chi connectivity index (χ4n) is 5.20. The maximum Gasteiger partial charge on any atom is 0.131 e. The summed E-state index contributed by atoms with van der Waals surface area (Å²) in [6.07, 6.45) is 11.6. The molecule has 0 spiro atoms. The van der Waals surface area contributed by atoms with Crippen molar-refractivity contribution < 1.29 is 14.2 Å². The molecule has 1 aliphatic carbocycles. The van der Waals surface area contributed by atoms with Crippen LogP contribution in [0.5, 0.6) is 0 Å². The number of rotatable bonds is 14. The summed E-state index contributed by atoms with van der Waals surface area (Å²) in [5.74, 6) is 1.38. The van der Waals surface area contributed by atoms with Gasteiger partial charge in [0.1, 0.15) is 12.0 Å². The fourth-order valence-corrected chi connectivity index (χ4v) is 5.20. The zero-order valence-corrected chi connectivity index (χ0v) is 23.6. The lowest BCUT2D eigenvalue weighted by Crippen LogP contribution is -2.30. The predicted molar refractivity (Wildman–Crippen MR) is 162 cm³/mol. The number of ether oxygens (including phenoxy) is 1. The minimum atomic E-state index is -0.923. The lowest BCUT2D eigenvalue weighted by atomic mass is 9.81. The highest BCUT2D eigenvalue weighted by molar-refractivity contribution is 5.67. The number of hydrogen-bond acceptors (Lipinski definition) is 5. The van der Waals surface area contributed by atoms with E-state index in [-0.39, 0.29) is 5.82 Å². The standard InChI is InChI=1S/C33H44FN3O2/c1-6-30-28(17-18-36-21-23(2)11-14-27-9-7-8-10-32(27)35-4)19-29(34)20-31(30)33(38)37-22-25-12-15-26(16-13-25)24(3)39-5/h7-11,14,17-20,25-26,33,35-38H,2-3,6,12-13,15-16,21-22H2,1,4-5H3. The largest absolute Gasteiger partial charge is 0.501 e. The summed E-state index contributed by atoms with van der Waals surface area (Å²) >= 11 is 0. The molecule has 0 saturated heterocycles. The van der Waals surface area contributed by atoms with E-state index < -0.39 is 6.23 Å². The van der Waals surface area contributed by atoms with Crippen LogP contribution in [-0.2, 0) is 11.2 Å². The Morgan fingerprint density at radius 1 is 1.13 bits per heavy atom. The summed E-state index contributed by atoms with van der Waals surface area (Å²) in [6, 6.07) is 11.0.